The second kappa shape index (κ2) is 7.47. The third-order valence-corrected chi connectivity index (χ3v) is 6.71. The minimum absolute atomic E-state index is 0.0966. The molecule has 10 heteroatoms. The van der Waals surface area contributed by atoms with Crippen LogP contribution in [0.4, 0.5) is 5.69 Å². The number of aromatic nitrogens is 3. The predicted molar refractivity (Wildman–Crippen MR) is 112 cm³/mol. The average molecular weight is 438 g/mol. The van der Waals surface area contributed by atoms with Crippen molar-refractivity contribution in [3.63, 3.8) is 0 Å². The number of ether oxygens (including phenoxy) is 3. The van der Waals surface area contributed by atoms with Crippen molar-refractivity contribution in [2.24, 2.45) is 0 Å². The van der Waals surface area contributed by atoms with Crippen molar-refractivity contribution in [3.8, 4) is 17.2 Å². The zero-order valence-electron chi connectivity index (χ0n) is 16.5. The molecule has 0 bridgehead atoms. The molecular weight excluding hydrogens is 420 g/mol. The van der Waals surface area contributed by atoms with Gasteiger partial charge in [0.15, 0.2) is 17.1 Å². The third kappa shape index (κ3) is 3.50. The highest BCUT2D eigenvalue weighted by Crippen LogP contribution is 2.37. The summed E-state index contributed by atoms with van der Waals surface area (Å²) in [4.78, 5) is 0.111. The standard InChI is InChI=1S/C21H18N4O5S/c1-28-17-4-2-3-15(9-17)11-25(16-5-7-19-20(10-16)30-14-29-19)31(26,27)18-6-8-21-23-22-13-24(21)12-18/h2-10,12-13H,11,14H2,1H3. The van der Waals surface area contributed by atoms with E-state index in [4.69, 9.17) is 14.2 Å². The summed E-state index contributed by atoms with van der Waals surface area (Å²) in [5, 5.41) is 7.75. The van der Waals surface area contributed by atoms with Crippen LogP contribution in [-0.2, 0) is 16.6 Å². The van der Waals surface area contributed by atoms with Crippen LogP contribution in [0.3, 0.4) is 0 Å². The summed E-state index contributed by atoms with van der Waals surface area (Å²) in [6, 6.07) is 15.5. The highest BCUT2D eigenvalue weighted by atomic mass is 32.2. The van der Waals surface area contributed by atoms with Crippen molar-refractivity contribution >= 4 is 21.4 Å². The van der Waals surface area contributed by atoms with E-state index in [1.807, 2.05) is 18.2 Å². The number of nitrogens with zero attached hydrogens (tertiary/aromatic N) is 4. The van der Waals surface area contributed by atoms with E-state index >= 15 is 0 Å². The third-order valence-electron chi connectivity index (χ3n) is 4.96. The van der Waals surface area contributed by atoms with E-state index < -0.39 is 10.0 Å². The van der Waals surface area contributed by atoms with Gasteiger partial charge in [-0.05, 0) is 42.0 Å². The topological polar surface area (TPSA) is 95.3 Å². The fourth-order valence-corrected chi connectivity index (χ4v) is 4.83. The molecule has 158 valence electrons. The number of rotatable bonds is 6. The maximum Gasteiger partial charge on any atom is 0.266 e. The Kier molecular flexibility index (Phi) is 4.63. The summed E-state index contributed by atoms with van der Waals surface area (Å²) in [5.74, 6) is 1.72. The van der Waals surface area contributed by atoms with Crippen molar-refractivity contribution in [1.29, 1.82) is 0 Å². The van der Waals surface area contributed by atoms with Crippen molar-refractivity contribution < 1.29 is 22.6 Å². The van der Waals surface area contributed by atoms with Gasteiger partial charge in [0.05, 0.1) is 19.3 Å². The molecule has 2 aromatic heterocycles. The fourth-order valence-electron chi connectivity index (χ4n) is 3.38. The molecule has 0 spiro atoms. The Balaban J connectivity index is 1.61. The number of fused-ring (bicyclic) bond motifs is 2. The molecule has 2 aromatic carbocycles. The second-order valence-electron chi connectivity index (χ2n) is 6.86. The first-order chi connectivity index (χ1) is 15.0. The van der Waals surface area contributed by atoms with Crippen molar-refractivity contribution in [3.05, 3.63) is 72.7 Å². The summed E-state index contributed by atoms with van der Waals surface area (Å²) < 4.78 is 46.5. The van der Waals surface area contributed by atoms with Crippen LogP contribution in [0.1, 0.15) is 5.56 Å². The van der Waals surface area contributed by atoms with E-state index in [-0.39, 0.29) is 18.2 Å². The summed E-state index contributed by atoms with van der Waals surface area (Å²) in [5.41, 5.74) is 1.78. The van der Waals surface area contributed by atoms with Crippen LogP contribution >= 0.6 is 0 Å². The SMILES string of the molecule is COc1cccc(CN(c2ccc3c(c2)OCO3)S(=O)(=O)c2ccc3nncn3c2)c1. The molecule has 0 radical (unpaired) electrons. The summed E-state index contributed by atoms with van der Waals surface area (Å²) in [6.07, 6.45) is 2.96. The molecule has 0 aliphatic carbocycles. The minimum Gasteiger partial charge on any atom is -0.497 e. The van der Waals surface area contributed by atoms with Gasteiger partial charge in [-0.15, -0.1) is 10.2 Å². The summed E-state index contributed by atoms with van der Waals surface area (Å²) >= 11 is 0. The number of methoxy groups -OCH3 is 1. The first-order valence-corrected chi connectivity index (χ1v) is 10.8. The van der Waals surface area contributed by atoms with E-state index in [2.05, 4.69) is 10.2 Å². The average Bonchev–Trinajstić information content (AvgIpc) is 3.45. The van der Waals surface area contributed by atoms with Gasteiger partial charge >= 0.3 is 0 Å². The molecular formula is C21H18N4O5S. The van der Waals surface area contributed by atoms with Gasteiger partial charge in [0.2, 0.25) is 6.79 Å². The lowest BCUT2D eigenvalue weighted by molar-refractivity contribution is 0.174. The van der Waals surface area contributed by atoms with Gasteiger partial charge in [-0.1, -0.05) is 12.1 Å². The minimum atomic E-state index is -3.94. The zero-order valence-corrected chi connectivity index (χ0v) is 17.3. The lowest BCUT2D eigenvalue weighted by Gasteiger charge is -2.25. The normalized spacial score (nSPS) is 12.8. The summed E-state index contributed by atoms with van der Waals surface area (Å²) in [7, 11) is -2.37. The lowest BCUT2D eigenvalue weighted by Crippen LogP contribution is -2.30. The first-order valence-electron chi connectivity index (χ1n) is 9.39. The van der Waals surface area contributed by atoms with Gasteiger partial charge in [0, 0.05) is 12.3 Å². The second-order valence-corrected chi connectivity index (χ2v) is 8.72. The molecule has 0 amide bonds. The smallest absolute Gasteiger partial charge is 0.266 e. The monoisotopic (exact) mass is 438 g/mol. The number of benzene rings is 2. The van der Waals surface area contributed by atoms with Crippen LogP contribution in [0.15, 0.2) is 72.0 Å². The molecule has 5 rings (SSSR count). The van der Waals surface area contributed by atoms with Gasteiger partial charge in [0.1, 0.15) is 17.0 Å². The maximum absolute atomic E-state index is 13.7. The fraction of sp³-hybridized carbons (Fsp3) is 0.143. The van der Waals surface area contributed by atoms with Crippen molar-refractivity contribution in [2.45, 2.75) is 11.4 Å². The predicted octanol–water partition coefficient (Wildman–Crippen LogP) is 2.86. The van der Waals surface area contributed by atoms with Gasteiger partial charge in [0.25, 0.3) is 10.0 Å². The van der Waals surface area contributed by atoms with E-state index in [1.54, 1.807) is 41.8 Å². The number of hydrogen-bond acceptors (Lipinski definition) is 7. The van der Waals surface area contributed by atoms with Crippen LogP contribution in [0.5, 0.6) is 17.2 Å². The molecule has 0 fully saturated rings. The number of anilines is 1. The maximum atomic E-state index is 13.7. The first kappa shape index (κ1) is 19.2. The highest BCUT2D eigenvalue weighted by molar-refractivity contribution is 7.92. The molecule has 0 saturated heterocycles. The molecule has 9 nitrogen and oxygen atoms in total. The van der Waals surface area contributed by atoms with E-state index in [0.29, 0.717) is 28.6 Å². The molecule has 0 saturated carbocycles. The Morgan fingerprint density at radius 3 is 2.84 bits per heavy atom. The largest absolute Gasteiger partial charge is 0.497 e. The van der Waals surface area contributed by atoms with E-state index in [0.717, 1.165) is 5.56 Å². The Bertz CT molecular complexity index is 1370. The molecule has 0 atom stereocenters. The van der Waals surface area contributed by atoms with Gasteiger partial charge in [-0.25, -0.2) is 8.42 Å². The number of hydrogen-bond donors (Lipinski definition) is 0. The Morgan fingerprint density at radius 1 is 1.10 bits per heavy atom. The highest BCUT2D eigenvalue weighted by Gasteiger charge is 2.28. The van der Waals surface area contributed by atoms with Crippen LogP contribution in [0.2, 0.25) is 0 Å². The quantitative estimate of drug-likeness (QED) is 0.457. The van der Waals surface area contributed by atoms with Gasteiger partial charge < -0.3 is 14.2 Å². The molecule has 0 unspecified atom stereocenters. The zero-order chi connectivity index (χ0) is 21.4. The Hall–Kier alpha value is -3.79. The molecule has 31 heavy (non-hydrogen) atoms. The Labute approximate surface area is 178 Å². The molecule has 0 N–H and O–H groups in total. The van der Waals surface area contributed by atoms with Gasteiger partial charge in [-0.3, -0.25) is 8.71 Å². The molecule has 3 heterocycles. The number of sulfonamides is 1. The van der Waals surface area contributed by atoms with Crippen LogP contribution in [0.25, 0.3) is 5.65 Å². The van der Waals surface area contributed by atoms with E-state index in [1.165, 1.54) is 22.9 Å². The molecule has 1 aliphatic heterocycles. The Morgan fingerprint density at radius 2 is 1.97 bits per heavy atom. The van der Waals surface area contributed by atoms with Crippen LogP contribution in [-0.4, -0.2) is 36.9 Å². The molecule has 1 aliphatic rings. The van der Waals surface area contributed by atoms with Crippen LogP contribution < -0.4 is 18.5 Å². The van der Waals surface area contributed by atoms with Crippen LogP contribution in [0, 0.1) is 0 Å². The van der Waals surface area contributed by atoms with Crippen molar-refractivity contribution in [1.82, 2.24) is 14.6 Å². The lowest BCUT2D eigenvalue weighted by atomic mass is 10.2. The number of pyridine rings is 1. The van der Waals surface area contributed by atoms with E-state index in [9.17, 15) is 8.42 Å². The van der Waals surface area contributed by atoms with Crippen molar-refractivity contribution in [2.75, 3.05) is 18.2 Å². The molecule has 4 aromatic rings. The van der Waals surface area contributed by atoms with Gasteiger partial charge in [-0.2, -0.15) is 0 Å². The summed E-state index contributed by atoms with van der Waals surface area (Å²) in [6.45, 7) is 0.200.